The first-order valence-electron chi connectivity index (χ1n) is 11.2. The average molecular weight is 432 g/mol. The summed E-state index contributed by atoms with van der Waals surface area (Å²) in [6, 6.07) is 6.49. The highest BCUT2D eigenvalue weighted by molar-refractivity contribution is 5.85. The molecule has 31 heavy (non-hydrogen) atoms. The normalized spacial score (nSPS) is 18.7. The average Bonchev–Trinajstić information content (AvgIpc) is 2.78. The molecular weight excluding hydrogens is 394 g/mol. The smallest absolute Gasteiger partial charge is 0.243 e. The molecule has 1 aromatic rings. The molecule has 1 aromatic heterocycles. The van der Waals surface area contributed by atoms with Crippen LogP contribution < -0.4 is 15.5 Å². The highest BCUT2D eigenvalue weighted by atomic mass is 16.5. The SMILES string of the molecule is Cc1cccc(N2CCC(NC(=NCC(=O)N(C)C)NCCN3CCOCC3)CC2)n1. The summed E-state index contributed by atoms with van der Waals surface area (Å²) in [5.74, 6) is 1.76. The van der Waals surface area contributed by atoms with E-state index in [0.717, 1.165) is 82.8 Å². The number of aryl methyl sites for hydroxylation is 1. The third kappa shape index (κ3) is 7.66. The zero-order valence-corrected chi connectivity index (χ0v) is 19.1. The zero-order chi connectivity index (χ0) is 22.1. The number of ether oxygens (including phenoxy) is 1. The summed E-state index contributed by atoms with van der Waals surface area (Å²) in [6.45, 7) is 9.31. The molecule has 9 nitrogen and oxygen atoms in total. The number of aromatic nitrogens is 1. The van der Waals surface area contributed by atoms with Crippen LogP contribution in [-0.2, 0) is 9.53 Å². The number of hydrogen-bond donors (Lipinski definition) is 2. The molecule has 3 heterocycles. The molecule has 2 N–H and O–H groups in total. The number of hydrogen-bond acceptors (Lipinski definition) is 6. The number of nitrogens with one attached hydrogen (secondary N) is 2. The van der Waals surface area contributed by atoms with E-state index in [1.165, 1.54) is 0 Å². The van der Waals surface area contributed by atoms with E-state index < -0.39 is 0 Å². The molecule has 0 aromatic carbocycles. The molecule has 9 heteroatoms. The van der Waals surface area contributed by atoms with Gasteiger partial charge < -0.3 is 25.2 Å². The first-order chi connectivity index (χ1) is 15.0. The number of nitrogens with zero attached hydrogens (tertiary/aromatic N) is 5. The van der Waals surface area contributed by atoms with E-state index in [0.29, 0.717) is 6.04 Å². The number of rotatable bonds is 7. The van der Waals surface area contributed by atoms with E-state index in [1.54, 1.807) is 19.0 Å². The predicted octanol–water partition coefficient (Wildman–Crippen LogP) is 0.314. The Balaban J connectivity index is 1.51. The number of pyridine rings is 1. The van der Waals surface area contributed by atoms with E-state index in [1.807, 2.05) is 13.0 Å². The van der Waals surface area contributed by atoms with Gasteiger partial charge in [-0.3, -0.25) is 9.69 Å². The van der Waals surface area contributed by atoms with Crippen molar-refractivity contribution in [3.05, 3.63) is 23.9 Å². The van der Waals surface area contributed by atoms with Crippen molar-refractivity contribution in [2.24, 2.45) is 4.99 Å². The van der Waals surface area contributed by atoms with Gasteiger partial charge in [0.05, 0.1) is 13.2 Å². The van der Waals surface area contributed by atoms with Crippen molar-refractivity contribution in [3.63, 3.8) is 0 Å². The number of likely N-dealkylation sites (N-methyl/N-ethyl adjacent to an activating group) is 1. The van der Waals surface area contributed by atoms with Crippen molar-refractivity contribution in [1.29, 1.82) is 0 Å². The molecule has 3 rings (SSSR count). The monoisotopic (exact) mass is 431 g/mol. The van der Waals surface area contributed by atoms with Gasteiger partial charge in [0.25, 0.3) is 0 Å². The third-order valence-corrected chi connectivity index (χ3v) is 5.73. The van der Waals surface area contributed by atoms with E-state index in [-0.39, 0.29) is 12.5 Å². The number of piperidine rings is 1. The van der Waals surface area contributed by atoms with Crippen LogP contribution in [0.2, 0.25) is 0 Å². The summed E-state index contributed by atoms with van der Waals surface area (Å²) >= 11 is 0. The molecule has 2 aliphatic heterocycles. The minimum atomic E-state index is -0.00498. The fraction of sp³-hybridized carbons (Fsp3) is 0.682. The van der Waals surface area contributed by atoms with Gasteiger partial charge in [-0.2, -0.15) is 0 Å². The van der Waals surface area contributed by atoms with Crippen LogP contribution in [0.3, 0.4) is 0 Å². The maximum atomic E-state index is 12.0. The topological polar surface area (TPSA) is 85.3 Å². The minimum absolute atomic E-state index is 0.00498. The number of anilines is 1. The van der Waals surface area contributed by atoms with E-state index >= 15 is 0 Å². The van der Waals surface area contributed by atoms with Crippen molar-refractivity contribution < 1.29 is 9.53 Å². The highest BCUT2D eigenvalue weighted by Gasteiger charge is 2.21. The second-order valence-corrected chi connectivity index (χ2v) is 8.38. The molecule has 0 saturated carbocycles. The molecule has 0 atom stereocenters. The molecule has 2 fully saturated rings. The number of amides is 1. The molecule has 172 valence electrons. The largest absolute Gasteiger partial charge is 0.379 e. The van der Waals surface area contributed by atoms with E-state index in [9.17, 15) is 4.79 Å². The number of guanidine groups is 1. The zero-order valence-electron chi connectivity index (χ0n) is 19.1. The molecule has 0 radical (unpaired) electrons. The van der Waals surface area contributed by atoms with Crippen molar-refractivity contribution in [3.8, 4) is 0 Å². The summed E-state index contributed by atoms with van der Waals surface area (Å²) in [6.07, 6.45) is 2.00. The predicted molar refractivity (Wildman–Crippen MR) is 124 cm³/mol. The standard InChI is InChI=1S/C22H37N7O2/c1-18-5-4-6-20(25-18)29-10-7-19(8-11-29)26-22(24-17-21(30)27(2)3)23-9-12-28-13-15-31-16-14-28/h4-6,19H,7-17H2,1-3H3,(H2,23,24,26). The van der Waals surface area contributed by atoms with Crippen LogP contribution >= 0.6 is 0 Å². The molecule has 0 aliphatic carbocycles. The van der Waals surface area contributed by atoms with Crippen LogP contribution in [0, 0.1) is 6.92 Å². The van der Waals surface area contributed by atoms with Crippen molar-refractivity contribution in [1.82, 2.24) is 25.4 Å². The Hall–Kier alpha value is -2.39. The Kier molecular flexibility index (Phi) is 8.90. The summed E-state index contributed by atoms with van der Waals surface area (Å²) in [5, 5.41) is 6.97. The van der Waals surface area contributed by atoms with Gasteiger partial charge in [-0.1, -0.05) is 6.07 Å². The highest BCUT2D eigenvalue weighted by Crippen LogP contribution is 2.18. The minimum Gasteiger partial charge on any atom is -0.379 e. The Morgan fingerprint density at radius 3 is 2.65 bits per heavy atom. The summed E-state index contributed by atoms with van der Waals surface area (Å²) in [5.41, 5.74) is 1.04. The van der Waals surface area contributed by atoms with Crippen LogP contribution in [0.1, 0.15) is 18.5 Å². The third-order valence-electron chi connectivity index (χ3n) is 5.73. The van der Waals surface area contributed by atoms with Gasteiger partial charge in [0, 0.05) is 65.1 Å². The van der Waals surface area contributed by atoms with Crippen LogP contribution in [0.5, 0.6) is 0 Å². The van der Waals surface area contributed by atoms with Crippen molar-refractivity contribution in [2.75, 3.05) is 78.0 Å². The quantitative estimate of drug-likeness (QED) is 0.475. The number of morpholine rings is 1. The van der Waals surface area contributed by atoms with Crippen LogP contribution in [0.4, 0.5) is 5.82 Å². The Morgan fingerprint density at radius 1 is 1.23 bits per heavy atom. The first kappa shape index (κ1) is 23.3. The maximum Gasteiger partial charge on any atom is 0.243 e. The van der Waals surface area contributed by atoms with E-state index in [2.05, 4.69) is 42.5 Å². The van der Waals surface area contributed by atoms with Crippen molar-refractivity contribution >= 4 is 17.7 Å². The lowest BCUT2D eigenvalue weighted by atomic mass is 10.1. The summed E-state index contributed by atoms with van der Waals surface area (Å²) < 4.78 is 5.41. The molecule has 0 spiro atoms. The van der Waals surface area contributed by atoms with Gasteiger partial charge in [0.2, 0.25) is 5.91 Å². The Bertz CT molecular complexity index is 726. The molecule has 0 unspecified atom stereocenters. The number of aliphatic imine (C=N–C) groups is 1. The summed E-state index contributed by atoms with van der Waals surface area (Å²) in [7, 11) is 3.51. The van der Waals surface area contributed by atoms with Crippen LogP contribution in [-0.4, -0.2) is 106 Å². The van der Waals surface area contributed by atoms with Crippen molar-refractivity contribution in [2.45, 2.75) is 25.8 Å². The maximum absolute atomic E-state index is 12.0. The molecule has 2 aliphatic rings. The fourth-order valence-corrected chi connectivity index (χ4v) is 3.75. The number of carbonyl (C=O) groups is 1. The lowest BCUT2D eigenvalue weighted by molar-refractivity contribution is -0.127. The fourth-order valence-electron chi connectivity index (χ4n) is 3.75. The first-order valence-corrected chi connectivity index (χ1v) is 11.2. The van der Waals surface area contributed by atoms with Gasteiger partial charge in [-0.15, -0.1) is 0 Å². The van der Waals surface area contributed by atoms with Gasteiger partial charge in [0.1, 0.15) is 12.4 Å². The summed E-state index contributed by atoms with van der Waals surface area (Å²) in [4.78, 5) is 27.5. The molecule has 0 bridgehead atoms. The number of carbonyl (C=O) groups excluding carboxylic acids is 1. The van der Waals surface area contributed by atoms with Crippen LogP contribution in [0.25, 0.3) is 0 Å². The second kappa shape index (κ2) is 11.9. The van der Waals surface area contributed by atoms with Crippen LogP contribution in [0.15, 0.2) is 23.2 Å². The molecular formula is C22H37N7O2. The lowest BCUT2D eigenvalue weighted by Gasteiger charge is -2.34. The Labute approximate surface area is 185 Å². The van der Waals surface area contributed by atoms with Gasteiger partial charge in [0.15, 0.2) is 5.96 Å². The van der Waals surface area contributed by atoms with Gasteiger partial charge >= 0.3 is 0 Å². The van der Waals surface area contributed by atoms with Gasteiger partial charge in [-0.05, 0) is 31.9 Å². The lowest BCUT2D eigenvalue weighted by Crippen LogP contribution is -2.50. The second-order valence-electron chi connectivity index (χ2n) is 8.38. The van der Waals surface area contributed by atoms with Gasteiger partial charge in [-0.25, -0.2) is 9.98 Å². The Morgan fingerprint density at radius 2 is 1.97 bits per heavy atom. The van der Waals surface area contributed by atoms with E-state index in [4.69, 9.17) is 4.74 Å². The molecule has 2 saturated heterocycles. The molecule has 1 amide bonds.